The van der Waals surface area contributed by atoms with Gasteiger partial charge in [-0.1, -0.05) is 0 Å². The van der Waals surface area contributed by atoms with Crippen molar-refractivity contribution < 1.29 is 19.4 Å². The number of rotatable bonds is 4. The number of aromatic nitrogens is 1. The monoisotopic (exact) mass is 403 g/mol. The molecule has 0 unspecified atom stereocenters. The van der Waals surface area contributed by atoms with Gasteiger partial charge in [0.15, 0.2) is 5.82 Å². The molecular weight excluding hydrogens is 389 g/mol. The average Bonchev–Trinajstić information content (AvgIpc) is 2.40. The number of nitrogens with one attached hydrogen (secondary N) is 1. The lowest BCUT2D eigenvalue weighted by Crippen LogP contribution is -2.33. The van der Waals surface area contributed by atoms with Gasteiger partial charge in [0.2, 0.25) is 0 Å². The topological polar surface area (TPSA) is 101 Å². The highest BCUT2D eigenvalue weighted by atomic mass is 127. The second-order valence-electron chi connectivity index (χ2n) is 3.77. The summed E-state index contributed by atoms with van der Waals surface area (Å²) in [6.45, 7) is 3.06. The third-order valence-electron chi connectivity index (χ3n) is 2.16. The first kappa shape index (κ1) is 17.1. The first-order chi connectivity index (χ1) is 9.93. The second kappa shape index (κ2) is 8.35. The van der Waals surface area contributed by atoms with Crippen molar-refractivity contribution in [3.8, 4) is 0 Å². The molecule has 0 aliphatic rings. The van der Waals surface area contributed by atoms with Gasteiger partial charge < -0.3 is 9.84 Å². The van der Waals surface area contributed by atoms with Crippen molar-refractivity contribution in [2.45, 2.75) is 13.8 Å². The molecule has 2 amide bonds. The Balaban J connectivity index is 2.84. The minimum atomic E-state index is -0.887. The summed E-state index contributed by atoms with van der Waals surface area (Å²) in [4.78, 5) is 31.0. The van der Waals surface area contributed by atoms with Crippen molar-refractivity contribution in [3.05, 3.63) is 33.2 Å². The lowest BCUT2D eigenvalue weighted by atomic mass is 10.2. The average molecular weight is 403 g/mol. The molecular formula is C13H14IN3O4. The largest absolute Gasteiger partial charge is 0.512 e. The Morgan fingerprint density at radius 2 is 2.24 bits per heavy atom. The van der Waals surface area contributed by atoms with Gasteiger partial charge in [-0.05, 0) is 48.6 Å². The van der Waals surface area contributed by atoms with Gasteiger partial charge in [-0.2, -0.15) is 0 Å². The lowest BCUT2D eigenvalue weighted by molar-refractivity contribution is -0.116. The van der Waals surface area contributed by atoms with Gasteiger partial charge in [0, 0.05) is 16.0 Å². The summed E-state index contributed by atoms with van der Waals surface area (Å²) in [5, 5.41) is 11.5. The zero-order valence-electron chi connectivity index (χ0n) is 11.5. The van der Waals surface area contributed by atoms with Gasteiger partial charge in [0.1, 0.15) is 5.76 Å². The molecule has 0 bridgehead atoms. The molecule has 1 heterocycles. The Bertz CT molecular complexity index is 578. The number of aliphatic hydroxyl groups is 1. The predicted molar refractivity (Wildman–Crippen MR) is 85.6 cm³/mol. The van der Waals surface area contributed by atoms with E-state index < -0.39 is 12.0 Å². The van der Waals surface area contributed by atoms with Crippen LogP contribution in [-0.4, -0.2) is 34.9 Å². The fourth-order valence-electron chi connectivity index (χ4n) is 1.22. The Morgan fingerprint density at radius 1 is 1.52 bits per heavy atom. The Hall–Kier alpha value is -1.97. The minimum Gasteiger partial charge on any atom is -0.512 e. The van der Waals surface area contributed by atoms with E-state index in [-0.39, 0.29) is 17.9 Å². The van der Waals surface area contributed by atoms with E-state index in [2.05, 4.69) is 37.3 Å². The third kappa shape index (κ3) is 5.90. The zero-order valence-corrected chi connectivity index (χ0v) is 13.6. The van der Waals surface area contributed by atoms with Gasteiger partial charge in [-0.3, -0.25) is 10.1 Å². The smallest absolute Gasteiger partial charge is 0.414 e. The number of alkyl carbamates (subject to hydrolysis) is 1. The van der Waals surface area contributed by atoms with Crippen LogP contribution in [0.5, 0.6) is 0 Å². The number of nitrogens with zero attached hydrogens (tertiary/aromatic N) is 2. The van der Waals surface area contributed by atoms with Gasteiger partial charge in [-0.25, -0.2) is 14.8 Å². The molecule has 0 aromatic carbocycles. The Labute approximate surface area is 135 Å². The number of allylic oxidation sites excluding steroid dienone is 1. The fourth-order valence-corrected chi connectivity index (χ4v) is 1.54. The van der Waals surface area contributed by atoms with Crippen LogP contribution < -0.4 is 5.32 Å². The molecule has 8 heteroatoms. The number of aliphatic hydroxyl groups excluding tert-OH is 1. The third-order valence-corrected chi connectivity index (χ3v) is 2.80. The number of carbonyl (C=O) groups is 2. The molecule has 1 aromatic heterocycles. The number of hydrogen-bond acceptors (Lipinski definition) is 6. The molecule has 0 aliphatic heterocycles. The maximum atomic E-state index is 11.8. The van der Waals surface area contributed by atoms with Crippen LogP contribution in [0.3, 0.4) is 0 Å². The van der Waals surface area contributed by atoms with Crippen LogP contribution in [0, 0.1) is 3.57 Å². The van der Waals surface area contributed by atoms with Crippen LogP contribution in [0.2, 0.25) is 0 Å². The van der Waals surface area contributed by atoms with E-state index in [1.54, 1.807) is 25.3 Å². The Kier molecular flexibility index (Phi) is 6.79. The van der Waals surface area contributed by atoms with Crippen LogP contribution >= 0.6 is 22.6 Å². The van der Waals surface area contributed by atoms with E-state index in [0.717, 1.165) is 9.78 Å². The van der Waals surface area contributed by atoms with Gasteiger partial charge >= 0.3 is 6.09 Å². The lowest BCUT2D eigenvalue weighted by Gasteiger charge is -2.05. The van der Waals surface area contributed by atoms with E-state index in [0.29, 0.717) is 5.82 Å². The summed E-state index contributed by atoms with van der Waals surface area (Å²) in [5.74, 6) is -0.702. The van der Waals surface area contributed by atoms with Crippen molar-refractivity contribution in [2.24, 2.45) is 4.99 Å². The number of halogens is 1. The summed E-state index contributed by atoms with van der Waals surface area (Å²) in [6, 6.07) is 3.46. The molecule has 1 rings (SSSR count). The van der Waals surface area contributed by atoms with E-state index in [4.69, 9.17) is 0 Å². The van der Waals surface area contributed by atoms with Crippen LogP contribution in [0.15, 0.2) is 34.7 Å². The minimum absolute atomic E-state index is 0.136. The van der Waals surface area contributed by atoms with Crippen molar-refractivity contribution in [2.75, 3.05) is 6.61 Å². The highest BCUT2D eigenvalue weighted by Crippen LogP contribution is 2.10. The zero-order chi connectivity index (χ0) is 15.8. The van der Waals surface area contributed by atoms with Crippen LogP contribution in [0.25, 0.3) is 0 Å². The molecule has 21 heavy (non-hydrogen) atoms. The molecule has 0 radical (unpaired) electrons. The number of imide groups is 1. The summed E-state index contributed by atoms with van der Waals surface area (Å²) in [7, 11) is 0. The summed E-state index contributed by atoms with van der Waals surface area (Å²) < 4.78 is 5.53. The molecule has 0 fully saturated rings. The molecule has 7 nitrogen and oxygen atoms in total. The molecule has 0 saturated carbocycles. The maximum Gasteiger partial charge on any atom is 0.414 e. The van der Waals surface area contributed by atoms with Crippen molar-refractivity contribution in [3.63, 3.8) is 0 Å². The van der Waals surface area contributed by atoms with Crippen molar-refractivity contribution in [1.82, 2.24) is 10.3 Å². The molecule has 2 N–H and O–H groups in total. The normalized spacial score (nSPS) is 12.0. The predicted octanol–water partition coefficient (Wildman–Crippen LogP) is 2.49. The maximum absolute atomic E-state index is 11.8. The molecule has 0 aliphatic carbocycles. The standard InChI is InChI=1S/C13H14IN3O4/c1-3-21-13(20)17-12(19)10(8(2)18)7-16-11-5-4-9(14)6-15-11/h4-7,18H,3H2,1-2H3,(H,17,19,20). The summed E-state index contributed by atoms with van der Waals surface area (Å²) in [6.07, 6.45) is 1.86. The number of carbonyl (C=O) groups excluding carboxylic acids is 2. The van der Waals surface area contributed by atoms with Crippen LogP contribution in [0.1, 0.15) is 13.8 Å². The first-order valence-electron chi connectivity index (χ1n) is 5.97. The second-order valence-corrected chi connectivity index (χ2v) is 5.01. The molecule has 0 saturated heterocycles. The molecule has 1 aromatic rings. The quantitative estimate of drug-likeness (QED) is 0.348. The number of hydrogen-bond donors (Lipinski definition) is 2. The van der Waals surface area contributed by atoms with Crippen LogP contribution in [0.4, 0.5) is 10.6 Å². The van der Waals surface area contributed by atoms with E-state index in [1.807, 2.05) is 5.32 Å². The first-order valence-corrected chi connectivity index (χ1v) is 7.05. The summed E-state index contributed by atoms with van der Waals surface area (Å²) in [5.41, 5.74) is -0.150. The summed E-state index contributed by atoms with van der Waals surface area (Å²) >= 11 is 2.10. The van der Waals surface area contributed by atoms with E-state index in [9.17, 15) is 14.7 Å². The number of pyridine rings is 1. The highest BCUT2D eigenvalue weighted by molar-refractivity contribution is 14.1. The van der Waals surface area contributed by atoms with Crippen LogP contribution in [-0.2, 0) is 9.53 Å². The number of ether oxygens (including phenoxy) is 1. The number of aliphatic imine (C=N–C) groups is 1. The SMILES string of the molecule is CCOC(=O)NC(=O)C(C=Nc1ccc(I)cn1)=C(C)O. The van der Waals surface area contributed by atoms with Gasteiger partial charge in [-0.15, -0.1) is 0 Å². The highest BCUT2D eigenvalue weighted by Gasteiger charge is 2.15. The van der Waals surface area contributed by atoms with Crippen molar-refractivity contribution in [1.29, 1.82) is 0 Å². The van der Waals surface area contributed by atoms with E-state index >= 15 is 0 Å². The molecule has 0 atom stereocenters. The van der Waals surface area contributed by atoms with Crippen molar-refractivity contribution >= 4 is 46.6 Å². The van der Waals surface area contributed by atoms with E-state index in [1.165, 1.54) is 6.92 Å². The molecule has 0 spiro atoms. The van der Waals surface area contributed by atoms with Gasteiger partial charge in [0.25, 0.3) is 5.91 Å². The Morgan fingerprint density at radius 3 is 2.76 bits per heavy atom. The molecule has 112 valence electrons. The number of amides is 2. The fraction of sp³-hybridized carbons (Fsp3) is 0.231. The van der Waals surface area contributed by atoms with Gasteiger partial charge in [0.05, 0.1) is 12.2 Å².